The number of nitrogens with one attached hydrogen (secondary N) is 2. The van der Waals surface area contributed by atoms with Crippen molar-refractivity contribution < 1.29 is 14.1 Å². The smallest absolute Gasteiger partial charge is 0.314 e. The Labute approximate surface area is 169 Å². The minimum absolute atomic E-state index is 0.247. The van der Waals surface area contributed by atoms with Gasteiger partial charge in [-0.1, -0.05) is 23.4 Å². The zero-order valence-corrected chi connectivity index (χ0v) is 17.1. The summed E-state index contributed by atoms with van der Waals surface area (Å²) >= 11 is 1.78. The van der Waals surface area contributed by atoms with Gasteiger partial charge in [0.2, 0.25) is 0 Å². The number of amides is 2. The molecule has 2 heterocycles. The van der Waals surface area contributed by atoms with Crippen molar-refractivity contribution in [2.45, 2.75) is 31.2 Å². The molecule has 150 valence electrons. The molecule has 28 heavy (non-hydrogen) atoms. The van der Waals surface area contributed by atoms with E-state index in [1.807, 2.05) is 0 Å². The topological polar surface area (TPSA) is 87.5 Å². The molecule has 7 nitrogen and oxygen atoms in total. The Hall–Kier alpha value is -2.32. The molecule has 1 aliphatic rings. The fraction of sp³-hybridized carbons (Fsp3) is 0.450. The van der Waals surface area contributed by atoms with Crippen LogP contribution >= 0.6 is 11.8 Å². The molecule has 0 saturated carbocycles. The molecule has 1 aromatic heterocycles. The van der Waals surface area contributed by atoms with Gasteiger partial charge in [0.05, 0.1) is 0 Å². The first kappa shape index (κ1) is 20.4. The van der Waals surface area contributed by atoms with Crippen LogP contribution in [0.25, 0.3) is 0 Å². The van der Waals surface area contributed by atoms with Crippen LogP contribution < -0.4 is 10.6 Å². The Morgan fingerprint density at radius 1 is 1.25 bits per heavy atom. The maximum Gasteiger partial charge on any atom is 0.314 e. The number of rotatable bonds is 6. The molecule has 2 amide bonds. The summed E-state index contributed by atoms with van der Waals surface area (Å²) in [7, 11) is 0. The van der Waals surface area contributed by atoms with E-state index in [9.17, 15) is 9.59 Å². The van der Waals surface area contributed by atoms with Gasteiger partial charge in [0.1, 0.15) is 5.76 Å². The van der Waals surface area contributed by atoms with Crippen molar-refractivity contribution in [3.05, 3.63) is 41.7 Å². The molecule has 0 bridgehead atoms. The van der Waals surface area contributed by atoms with E-state index in [0.29, 0.717) is 18.2 Å². The quantitative estimate of drug-likeness (QED) is 0.571. The Kier molecular flexibility index (Phi) is 7.11. The maximum absolute atomic E-state index is 12.0. The van der Waals surface area contributed by atoms with Crippen LogP contribution in [-0.2, 0) is 16.1 Å². The lowest BCUT2D eigenvalue weighted by atomic mass is 9.96. The summed E-state index contributed by atoms with van der Waals surface area (Å²) in [5.74, 6) is -0.159. The summed E-state index contributed by atoms with van der Waals surface area (Å²) in [4.78, 5) is 27.6. The number of carbonyl (C=O) groups excluding carboxylic acids is 2. The number of anilines is 1. The van der Waals surface area contributed by atoms with Crippen molar-refractivity contribution in [3.8, 4) is 0 Å². The van der Waals surface area contributed by atoms with E-state index >= 15 is 0 Å². The number of nitrogens with zero attached hydrogens (tertiary/aromatic N) is 2. The van der Waals surface area contributed by atoms with Gasteiger partial charge in [-0.25, -0.2) is 0 Å². The SMILES string of the molecule is CSc1ccccc1CN1CCC(CNC(=O)C(=O)Nc2cc(C)on2)CC1. The molecule has 0 spiro atoms. The van der Waals surface area contributed by atoms with Gasteiger partial charge in [-0.3, -0.25) is 19.8 Å². The van der Waals surface area contributed by atoms with Crippen molar-refractivity contribution in [3.63, 3.8) is 0 Å². The molecule has 8 heteroatoms. The highest BCUT2D eigenvalue weighted by Gasteiger charge is 2.22. The number of hydrogen-bond donors (Lipinski definition) is 2. The normalized spacial score (nSPS) is 15.4. The van der Waals surface area contributed by atoms with Crippen LogP contribution in [-0.4, -0.2) is 47.8 Å². The first-order chi connectivity index (χ1) is 13.5. The number of benzene rings is 1. The molecule has 0 unspecified atom stereocenters. The van der Waals surface area contributed by atoms with E-state index in [1.54, 1.807) is 24.8 Å². The fourth-order valence-electron chi connectivity index (χ4n) is 3.34. The van der Waals surface area contributed by atoms with Gasteiger partial charge in [-0.2, -0.15) is 0 Å². The summed E-state index contributed by atoms with van der Waals surface area (Å²) in [5, 5.41) is 8.81. The van der Waals surface area contributed by atoms with E-state index < -0.39 is 11.8 Å². The van der Waals surface area contributed by atoms with Crippen LogP contribution in [0.5, 0.6) is 0 Å². The van der Waals surface area contributed by atoms with Gasteiger partial charge < -0.3 is 9.84 Å². The summed E-state index contributed by atoms with van der Waals surface area (Å²) in [6.45, 7) is 5.17. The molecule has 3 rings (SSSR count). The second kappa shape index (κ2) is 9.75. The average molecular weight is 403 g/mol. The van der Waals surface area contributed by atoms with Crippen molar-refractivity contribution in [1.29, 1.82) is 0 Å². The Bertz CT molecular complexity index is 815. The van der Waals surface area contributed by atoms with Crippen LogP contribution in [0, 0.1) is 12.8 Å². The number of aryl methyl sites for hydroxylation is 1. The van der Waals surface area contributed by atoms with Gasteiger partial charge >= 0.3 is 11.8 Å². The highest BCUT2D eigenvalue weighted by Crippen LogP contribution is 2.24. The summed E-state index contributed by atoms with van der Waals surface area (Å²) in [5.41, 5.74) is 1.36. The molecule has 0 radical (unpaired) electrons. The van der Waals surface area contributed by atoms with Crippen LogP contribution in [0.3, 0.4) is 0 Å². The van der Waals surface area contributed by atoms with Gasteiger partial charge in [-0.15, -0.1) is 11.8 Å². The Morgan fingerprint density at radius 2 is 2.00 bits per heavy atom. The minimum Gasteiger partial charge on any atom is -0.360 e. The number of likely N-dealkylation sites (tertiary alicyclic amines) is 1. The predicted molar refractivity (Wildman–Crippen MR) is 109 cm³/mol. The summed E-state index contributed by atoms with van der Waals surface area (Å²) < 4.78 is 4.86. The van der Waals surface area contributed by atoms with E-state index in [1.165, 1.54) is 10.5 Å². The molecular weight excluding hydrogens is 376 g/mol. The van der Waals surface area contributed by atoms with Gasteiger partial charge in [-0.05, 0) is 56.7 Å². The van der Waals surface area contributed by atoms with Crippen molar-refractivity contribution in [2.24, 2.45) is 5.92 Å². The molecule has 1 saturated heterocycles. The number of aromatic nitrogens is 1. The molecule has 1 aromatic carbocycles. The standard InChI is InChI=1S/C20H26N4O3S/c1-14-11-18(23-27-14)22-20(26)19(25)21-12-15-7-9-24(10-8-15)13-16-5-3-4-6-17(16)28-2/h3-6,11,15H,7-10,12-13H2,1-2H3,(H,21,25)(H,22,23,26). The molecule has 0 aliphatic carbocycles. The number of piperidine rings is 1. The molecule has 0 atom stereocenters. The molecular formula is C20H26N4O3S. The van der Waals surface area contributed by atoms with Gasteiger partial charge in [0, 0.05) is 24.1 Å². The second-order valence-corrected chi connectivity index (χ2v) is 7.87. The lowest BCUT2D eigenvalue weighted by Gasteiger charge is -2.32. The number of carbonyl (C=O) groups is 2. The number of hydrogen-bond acceptors (Lipinski definition) is 6. The molecule has 1 aliphatic heterocycles. The summed E-state index contributed by atoms with van der Waals surface area (Å²) in [6.07, 6.45) is 4.12. The monoisotopic (exact) mass is 402 g/mol. The Morgan fingerprint density at radius 3 is 2.68 bits per heavy atom. The average Bonchev–Trinajstić information content (AvgIpc) is 3.12. The lowest BCUT2D eigenvalue weighted by molar-refractivity contribution is -0.136. The number of thioether (sulfide) groups is 1. The third-order valence-electron chi connectivity index (χ3n) is 4.92. The van der Waals surface area contributed by atoms with Crippen LogP contribution in [0.2, 0.25) is 0 Å². The second-order valence-electron chi connectivity index (χ2n) is 7.02. The minimum atomic E-state index is -0.723. The third-order valence-corrected chi connectivity index (χ3v) is 5.76. The van der Waals surface area contributed by atoms with Crippen molar-refractivity contribution in [1.82, 2.24) is 15.4 Å². The molecule has 2 N–H and O–H groups in total. The highest BCUT2D eigenvalue weighted by atomic mass is 32.2. The fourth-order valence-corrected chi connectivity index (χ4v) is 3.95. The lowest BCUT2D eigenvalue weighted by Crippen LogP contribution is -2.41. The molecule has 2 aromatic rings. The molecule has 1 fully saturated rings. The van der Waals surface area contributed by atoms with Crippen LogP contribution in [0.1, 0.15) is 24.2 Å². The predicted octanol–water partition coefficient (Wildman–Crippen LogP) is 2.67. The van der Waals surface area contributed by atoms with E-state index in [4.69, 9.17) is 4.52 Å². The van der Waals surface area contributed by atoms with Gasteiger partial charge in [0.15, 0.2) is 5.82 Å². The maximum atomic E-state index is 12.0. The van der Waals surface area contributed by atoms with E-state index in [-0.39, 0.29) is 5.82 Å². The Balaban J connectivity index is 1.39. The van der Waals surface area contributed by atoms with Crippen LogP contribution in [0.4, 0.5) is 5.82 Å². The first-order valence-corrected chi connectivity index (χ1v) is 10.6. The van der Waals surface area contributed by atoms with Crippen LogP contribution in [0.15, 0.2) is 39.8 Å². The van der Waals surface area contributed by atoms with E-state index in [2.05, 4.69) is 51.2 Å². The highest BCUT2D eigenvalue weighted by molar-refractivity contribution is 7.98. The first-order valence-electron chi connectivity index (χ1n) is 9.42. The largest absolute Gasteiger partial charge is 0.360 e. The van der Waals surface area contributed by atoms with Gasteiger partial charge in [0.25, 0.3) is 0 Å². The van der Waals surface area contributed by atoms with Crippen molar-refractivity contribution in [2.75, 3.05) is 31.2 Å². The zero-order chi connectivity index (χ0) is 19.9. The summed E-state index contributed by atoms with van der Waals surface area (Å²) in [6, 6.07) is 10.1. The third kappa shape index (κ3) is 5.59. The zero-order valence-electron chi connectivity index (χ0n) is 16.2. The van der Waals surface area contributed by atoms with Crippen molar-refractivity contribution >= 4 is 29.4 Å². The van der Waals surface area contributed by atoms with E-state index in [0.717, 1.165) is 32.5 Å².